The van der Waals surface area contributed by atoms with Gasteiger partial charge in [-0.25, -0.2) is 4.98 Å². The normalized spacial score (nSPS) is 10.6. The maximum Gasteiger partial charge on any atom is 0.133 e. The van der Waals surface area contributed by atoms with E-state index in [0.717, 1.165) is 22.8 Å². The number of aliphatic hydroxyl groups excluding tert-OH is 1. The summed E-state index contributed by atoms with van der Waals surface area (Å²) in [7, 11) is 2.00. The summed E-state index contributed by atoms with van der Waals surface area (Å²) >= 11 is 0. The molecule has 100 valence electrons. The molecule has 0 spiro atoms. The lowest BCUT2D eigenvalue weighted by Crippen LogP contribution is -2.13. The summed E-state index contributed by atoms with van der Waals surface area (Å²) in [4.78, 5) is 6.59. The van der Waals surface area contributed by atoms with Crippen LogP contribution in [0.3, 0.4) is 0 Å². The van der Waals surface area contributed by atoms with Crippen molar-refractivity contribution in [1.82, 2.24) is 4.98 Å². The number of aryl methyl sites for hydroxylation is 3. The first-order valence-corrected chi connectivity index (χ1v) is 6.40. The summed E-state index contributed by atoms with van der Waals surface area (Å²) in [5, 5.41) is 9.28. The molecule has 0 atom stereocenters. The van der Waals surface area contributed by atoms with E-state index in [4.69, 9.17) is 0 Å². The van der Waals surface area contributed by atoms with Gasteiger partial charge in [-0.05, 0) is 50.1 Å². The Morgan fingerprint density at radius 2 is 1.84 bits per heavy atom. The summed E-state index contributed by atoms with van der Waals surface area (Å²) in [6, 6.07) is 10.2. The summed E-state index contributed by atoms with van der Waals surface area (Å²) in [5.41, 5.74) is 5.41. The fourth-order valence-corrected chi connectivity index (χ4v) is 2.29. The largest absolute Gasteiger partial charge is 0.392 e. The Balaban J connectivity index is 2.43. The molecular weight excluding hydrogens is 236 g/mol. The lowest BCUT2D eigenvalue weighted by Gasteiger charge is -2.22. The minimum absolute atomic E-state index is 0.0388. The number of aromatic nitrogens is 1. The van der Waals surface area contributed by atoms with Crippen LogP contribution in [0.15, 0.2) is 30.3 Å². The SMILES string of the molecule is Cc1ccc(N(C)c2cc(CO)cc(C)n2)c(C)c1. The van der Waals surface area contributed by atoms with Crippen LogP contribution in [-0.2, 0) is 6.61 Å². The van der Waals surface area contributed by atoms with E-state index in [1.165, 1.54) is 11.1 Å². The van der Waals surface area contributed by atoms with Gasteiger partial charge < -0.3 is 10.0 Å². The zero-order valence-electron chi connectivity index (χ0n) is 11.9. The van der Waals surface area contributed by atoms with Gasteiger partial charge >= 0.3 is 0 Å². The van der Waals surface area contributed by atoms with Gasteiger partial charge in [0.1, 0.15) is 5.82 Å². The van der Waals surface area contributed by atoms with Crippen LogP contribution in [0.2, 0.25) is 0 Å². The van der Waals surface area contributed by atoms with Crippen molar-refractivity contribution in [2.24, 2.45) is 0 Å². The van der Waals surface area contributed by atoms with Crippen LogP contribution < -0.4 is 4.90 Å². The summed E-state index contributed by atoms with van der Waals surface area (Å²) in [6.07, 6.45) is 0. The van der Waals surface area contributed by atoms with Crippen LogP contribution in [-0.4, -0.2) is 17.1 Å². The Labute approximate surface area is 114 Å². The van der Waals surface area contributed by atoms with E-state index in [2.05, 4.69) is 41.9 Å². The Morgan fingerprint density at radius 1 is 1.11 bits per heavy atom. The van der Waals surface area contributed by atoms with Gasteiger partial charge in [0.05, 0.1) is 6.61 Å². The highest BCUT2D eigenvalue weighted by molar-refractivity contribution is 5.64. The summed E-state index contributed by atoms with van der Waals surface area (Å²) in [6.45, 7) is 6.17. The minimum Gasteiger partial charge on any atom is -0.392 e. The Hall–Kier alpha value is -1.87. The van der Waals surface area contributed by atoms with Gasteiger partial charge in [-0.1, -0.05) is 17.7 Å². The van der Waals surface area contributed by atoms with Gasteiger partial charge in [-0.15, -0.1) is 0 Å². The van der Waals surface area contributed by atoms with Crippen LogP contribution in [0, 0.1) is 20.8 Å². The molecule has 1 aromatic carbocycles. The first-order valence-electron chi connectivity index (χ1n) is 6.40. The summed E-state index contributed by atoms with van der Waals surface area (Å²) < 4.78 is 0. The molecule has 0 aliphatic carbocycles. The zero-order chi connectivity index (χ0) is 14.0. The van der Waals surface area contributed by atoms with Gasteiger partial charge in [0, 0.05) is 18.4 Å². The van der Waals surface area contributed by atoms with Gasteiger partial charge in [0.15, 0.2) is 0 Å². The van der Waals surface area contributed by atoms with Crippen LogP contribution in [0.5, 0.6) is 0 Å². The number of pyridine rings is 1. The molecule has 0 unspecified atom stereocenters. The van der Waals surface area contributed by atoms with Crippen molar-refractivity contribution in [1.29, 1.82) is 0 Å². The van der Waals surface area contributed by atoms with Crippen molar-refractivity contribution in [2.45, 2.75) is 27.4 Å². The fourth-order valence-electron chi connectivity index (χ4n) is 2.29. The molecule has 1 aromatic heterocycles. The van der Waals surface area contributed by atoms with Crippen molar-refractivity contribution < 1.29 is 5.11 Å². The molecule has 0 fully saturated rings. The van der Waals surface area contributed by atoms with Crippen LogP contribution in [0.4, 0.5) is 11.5 Å². The second kappa shape index (κ2) is 5.41. The average Bonchev–Trinajstić information content (AvgIpc) is 2.37. The molecule has 3 nitrogen and oxygen atoms in total. The topological polar surface area (TPSA) is 36.4 Å². The number of anilines is 2. The van der Waals surface area contributed by atoms with Crippen LogP contribution in [0.1, 0.15) is 22.4 Å². The van der Waals surface area contributed by atoms with E-state index in [9.17, 15) is 5.11 Å². The molecule has 0 aliphatic rings. The fraction of sp³-hybridized carbons (Fsp3) is 0.312. The molecule has 0 aliphatic heterocycles. The van der Waals surface area contributed by atoms with Crippen molar-refractivity contribution in [3.05, 3.63) is 52.7 Å². The van der Waals surface area contributed by atoms with E-state index < -0.39 is 0 Å². The van der Waals surface area contributed by atoms with Crippen LogP contribution >= 0.6 is 0 Å². The molecule has 2 rings (SSSR count). The second-order valence-electron chi connectivity index (χ2n) is 4.98. The molecule has 0 saturated heterocycles. The Bertz CT molecular complexity index is 593. The second-order valence-corrected chi connectivity index (χ2v) is 4.98. The van der Waals surface area contributed by atoms with Gasteiger partial charge in [-0.3, -0.25) is 0 Å². The molecule has 3 heteroatoms. The molecular formula is C16H20N2O. The lowest BCUT2D eigenvalue weighted by molar-refractivity contribution is 0.281. The highest BCUT2D eigenvalue weighted by Crippen LogP contribution is 2.27. The third-order valence-corrected chi connectivity index (χ3v) is 3.24. The number of aliphatic hydroxyl groups is 1. The monoisotopic (exact) mass is 256 g/mol. The Morgan fingerprint density at radius 3 is 2.47 bits per heavy atom. The molecule has 1 N–H and O–H groups in total. The predicted molar refractivity (Wildman–Crippen MR) is 78.9 cm³/mol. The first-order chi connectivity index (χ1) is 9.01. The number of hydrogen-bond acceptors (Lipinski definition) is 3. The average molecular weight is 256 g/mol. The molecule has 19 heavy (non-hydrogen) atoms. The van der Waals surface area contributed by atoms with Crippen molar-refractivity contribution >= 4 is 11.5 Å². The third kappa shape index (κ3) is 2.93. The van der Waals surface area contributed by atoms with Crippen molar-refractivity contribution in [3.63, 3.8) is 0 Å². The van der Waals surface area contributed by atoms with E-state index in [-0.39, 0.29) is 6.61 Å². The molecule has 0 amide bonds. The van der Waals surface area contributed by atoms with Gasteiger partial charge in [-0.2, -0.15) is 0 Å². The Kier molecular flexibility index (Phi) is 3.86. The third-order valence-electron chi connectivity index (χ3n) is 3.24. The number of benzene rings is 1. The first kappa shape index (κ1) is 13.6. The lowest BCUT2D eigenvalue weighted by atomic mass is 10.1. The predicted octanol–water partition coefficient (Wildman–Crippen LogP) is 3.27. The van der Waals surface area contributed by atoms with Crippen molar-refractivity contribution in [3.8, 4) is 0 Å². The molecule has 0 saturated carbocycles. The highest BCUT2D eigenvalue weighted by Gasteiger charge is 2.09. The maximum atomic E-state index is 9.28. The molecule has 1 heterocycles. The summed E-state index contributed by atoms with van der Waals surface area (Å²) in [5.74, 6) is 0.857. The van der Waals surface area contributed by atoms with E-state index in [0.29, 0.717) is 0 Å². The molecule has 0 bridgehead atoms. The molecule has 0 radical (unpaired) electrons. The smallest absolute Gasteiger partial charge is 0.133 e. The zero-order valence-corrected chi connectivity index (χ0v) is 11.9. The van der Waals surface area contributed by atoms with Gasteiger partial charge in [0.2, 0.25) is 0 Å². The number of rotatable bonds is 3. The van der Waals surface area contributed by atoms with Crippen molar-refractivity contribution in [2.75, 3.05) is 11.9 Å². The van der Waals surface area contributed by atoms with E-state index in [1.807, 2.05) is 26.1 Å². The number of nitrogens with zero attached hydrogens (tertiary/aromatic N) is 2. The van der Waals surface area contributed by atoms with Crippen LogP contribution in [0.25, 0.3) is 0 Å². The van der Waals surface area contributed by atoms with E-state index >= 15 is 0 Å². The van der Waals surface area contributed by atoms with Gasteiger partial charge in [0.25, 0.3) is 0 Å². The highest BCUT2D eigenvalue weighted by atomic mass is 16.3. The molecule has 2 aromatic rings. The number of hydrogen-bond donors (Lipinski definition) is 1. The standard InChI is InChI=1S/C16H20N2O/c1-11-5-6-15(12(2)7-11)18(4)16-9-14(10-19)8-13(3)17-16/h5-9,19H,10H2,1-4H3. The minimum atomic E-state index is 0.0388. The maximum absolute atomic E-state index is 9.28. The van der Waals surface area contributed by atoms with E-state index in [1.54, 1.807) is 0 Å². The quantitative estimate of drug-likeness (QED) is 0.915.